The van der Waals surface area contributed by atoms with Gasteiger partial charge in [-0.05, 0) is 55.2 Å². The molecule has 3 N–H and O–H groups in total. The molecule has 0 aromatic heterocycles. The second-order valence-electron chi connectivity index (χ2n) is 13.2. The molecule has 1 saturated carbocycles. The zero-order valence-electron chi connectivity index (χ0n) is 27.7. The highest BCUT2D eigenvalue weighted by molar-refractivity contribution is 5.99. The average Bonchev–Trinajstić information content (AvgIpc) is 3.79. The van der Waals surface area contributed by atoms with Crippen molar-refractivity contribution in [3.05, 3.63) is 71.3 Å². The van der Waals surface area contributed by atoms with Gasteiger partial charge in [0.2, 0.25) is 17.7 Å². The molecular weight excluding hydrogens is 600 g/mol. The molecule has 2 aliphatic heterocycles. The van der Waals surface area contributed by atoms with Gasteiger partial charge >= 0.3 is 0 Å². The van der Waals surface area contributed by atoms with Crippen molar-refractivity contribution < 1.29 is 33.4 Å². The van der Waals surface area contributed by atoms with E-state index in [1.807, 2.05) is 61.5 Å². The van der Waals surface area contributed by atoms with E-state index in [-0.39, 0.29) is 36.7 Å². The number of hydrogen-bond donors (Lipinski definition) is 3. The molecule has 6 atom stereocenters. The van der Waals surface area contributed by atoms with Crippen LogP contribution in [0.2, 0.25) is 0 Å². The summed E-state index contributed by atoms with van der Waals surface area (Å²) < 4.78 is 16.4. The fourth-order valence-electron chi connectivity index (χ4n) is 6.61. The summed E-state index contributed by atoms with van der Waals surface area (Å²) in [7, 11) is 1.44. The van der Waals surface area contributed by atoms with Gasteiger partial charge in [0, 0.05) is 26.7 Å². The summed E-state index contributed by atoms with van der Waals surface area (Å²) in [6.07, 6.45) is 2.09. The van der Waals surface area contributed by atoms with Crippen LogP contribution in [0.5, 0.6) is 0 Å². The number of nitrogens with one attached hydrogen (secondary N) is 3. The first-order valence-corrected chi connectivity index (χ1v) is 16.7. The Morgan fingerprint density at radius 3 is 2.34 bits per heavy atom. The van der Waals surface area contributed by atoms with E-state index < -0.39 is 35.5 Å². The highest BCUT2D eigenvalue weighted by atomic mass is 16.6. The quantitative estimate of drug-likeness (QED) is 0.265. The molecule has 3 amide bonds. The SMILES string of the molecule is COC[C@H](NC(=O)[C@H](CCc1ccccc1)NC(=O)Cc1ccc(CN2CCOCC2)cc1)C(=O)N[C@H]1CCC(C)C2O[C@@]2(C)C1=O. The van der Waals surface area contributed by atoms with Gasteiger partial charge in [0.05, 0.1) is 38.4 Å². The third-order valence-electron chi connectivity index (χ3n) is 9.49. The van der Waals surface area contributed by atoms with Crippen LogP contribution in [0.3, 0.4) is 0 Å². The molecule has 254 valence electrons. The van der Waals surface area contributed by atoms with Gasteiger partial charge < -0.3 is 30.2 Å². The van der Waals surface area contributed by atoms with Crippen LogP contribution < -0.4 is 16.0 Å². The number of ether oxygens (including phenoxy) is 3. The van der Waals surface area contributed by atoms with Gasteiger partial charge in [0.15, 0.2) is 11.4 Å². The Kier molecular flexibility index (Phi) is 11.8. The van der Waals surface area contributed by atoms with Crippen LogP contribution in [0.4, 0.5) is 0 Å². The normalized spacial score (nSPS) is 25.5. The average molecular weight is 649 g/mol. The molecule has 47 heavy (non-hydrogen) atoms. The second-order valence-corrected chi connectivity index (χ2v) is 13.2. The van der Waals surface area contributed by atoms with Crippen molar-refractivity contribution in [2.24, 2.45) is 5.92 Å². The van der Waals surface area contributed by atoms with Crippen LogP contribution >= 0.6 is 0 Å². The van der Waals surface area contributed by atoms with Gasteiger partial charge in [-0.3, -0.25) is 24.1 Å². The summed E-state index contributed by atoms with van der Waals surface area (Å²) in [5.74, 6) is -1.24. The van der Waals surface area contributed by atoms with Crippen molar-refractivity contribution in [3.8, 4) is 0 Å². The first kappa shape index (κ1) is 34.7. The van der Waals surface area contributed by atoms with E-state index in [4.69, 9.17) is 14.2 Å². The molecule has 2 aromatic rings. The molecule has 3 aliphatic rings. The number of amides is 3. The number of carbonyl (C=O) groups excluding carboxylic acids is 4. The van der Waals surface area contributed by atoms with Gasteiger partial charge in [-0.2, -0.15) is 0 Å². The maximum Gasteiger partial charge on any atom is 0.245 e. The summed E-state index contributed by atoms with van der Waals surface area (Å²) in [6.45, 7) is 7.83. The maximum atomic E-state index is 13.7. The van der Waals surface area contributed by atoms with Crippen molar-refractivity contribution in [3.63, 3.8) is 0 Å². The minimum atomic E-state index is -1.06. The summed E-state index contributed by atoms with van der Waals surface area (Å²) in [6, 6.07) is 15.0. The zero-order chi connectivity index (χ0) is 33.4. The third kappa shape index (κ3) is 9.25. The lowest BCUT2D eigenvalue weighted by Crippen LogP contribution is -2.58. The van der Waals surface area contributed by atoms with E-state index >= 15 is 0 Å². The molecule has 2 heterocycles. The number of epoxide rings is 1. The molecule has 0 bridgehead atoms. The van der Waals surface area contributed by atoms with E-state index in [0.717, 1.165) is 56.0 Å². The molecule has 11 heteroatoms. The van der Waals surface area contributed by atoms with Crippen LogP contribution in [0.1, 0.15) is 49.8 Å². The maximum absolute atomic E-state index is 13.7. The predicted molar refractivity (Wildman–Crippen MR) is 175 cm³/mol. The Morgan fingerprint density at radius 1 is 0.936 bits per heavy atom. The summed E-state index contributed by atoms with van der Waals surface area (Å²) in [5.41, 5.74) is 2.14. The largest absolute Gasteiger partial charge is 0.382 e. The Morgan fingerprint density at radius 2 is 1.64 bits per heavy atom. The number of fused-ring (bicyclic) bond motifs is 1. The van der Waals surface area contributed by atoms with Crippen molar-refractivity contribution in [1.29, 1.82) is 0 Å². The van der Waals surface area contributed by atoms with E-state index in [1.165, 1.54) is 7.11 Å². The number of methoxy groups -OCH3 is 1. The first-order valence-electron chi connectivity index (χ1n) is 16.7. The Hall–Kier alpha value is -3.64. The number of carbonyl (C=O) groups is 4. The number of rotatable bonds is 14. The van der Waals surface area contributed by atoms with Crippen molar-refractivity contribution in [2.45, 2.75) is 82.3 Å². The van der Waals surface area contributed by atoms with Crippen molar-refractivity contribution in [2.75, 3.05) is 40.0 Å². The number of Topliss-reactive ketones (excluding diaryl/α,β-unsaturated/α-hetero) is 1. The monoisotopic (exact) mass is 648 g/mol. The lowest BCUT2D eigenvalue weighted by Gasteiger charge is -2.26. The molecule has 3 fully saturated rings. The lowest BCUT2D eigenvalue weighted by molar-refractivity contribution is -0.135. The molecule has 5 rings (SSSR count). The predicted octanol–water partition coefficient (Wildman–Crippen LogP) is 1.95. The Labute approximate surface area is 277 Å². The number of hydrogen-bond acceptors (Lipinski definition) is 8. The molecule has 1 aliphatic carbocycles. The number of benzene rings is 2. The number of nitrogens with zero attached hydrogens (tertiary/aromatic N) is 1. The molecule has 2 aromatic carbocycles. The van der Waals surface area contributed by atoms with E-state index in [9.17, 15) is 19.2 Å². The number of ketones is 1. The standard InChI is InChI=1S/C36H48N4O7/c1-24-9-15-28(32(42)36(2)33(24)47-36)38-35(44)30(23-45-3)39-34(43)29(16-14-25-7-5-4-6-8-25)37-31(41)21-26-10-12-27(13-11-26)22-40-17-19-46-20-18-40/h4-8,10-13,24,28-30,33H,9,14-23H2,1-3H3,(H,37,41)(H,38,44)(H,39,43)/t24?,28-,29-,30-,33?,36-/m0/s1. The first-order chi connectivity index (χ1) is 22.7. The number of aryl methyl sites for hydroxylation is 1. The molecular formula is C36H48N4O7. The highest BCUT2D eigenvalue weighted by Gasteiger charge is 2.63. The highest BCUT2D eigenvalue weighted by Crippen LogP contribution is 2.46. The second kappa shape index (κ2) is 16.0. The fourth-order valence-corrected chi connectivity index (χ4v) is 6.61. The summed E-state index contributed by atoms with van der Waals surface area (Å²) in [5, 5.41) is 8.53. The molecule has 2 saturated heterocycles. The van der Waals surface area contributed by atoms with E-state index in [1.54, 1.807) is 6.92 Å². The fraction of sp³-hybridized carbons (Fsp3) is 0.556. The van der Waals surface area contributed by atoms with E-state index in [2.05, 4.69) is 20.9 Å². The number of morpholine rings is 1. The smallest absolute Gasteiger partial charge is 0.245 e. The molecule has 11 nitrogen and oxygen atoms in total. The van der Waals surface area contributed by atoms with Gasteiger partial charge in [-0.1, -0.05) is 61.5 Å². The lowest BCUT2D eigenvalue weighted by atomic mass is 9.95. The zero-order valence-corrected chi connectivity index (χ0v) is 27.7. The summed E-state index contributed by atoms with van der Waals surface area (Å²) in [4.78, 5) is 55.9. The molecule has 0 radical (unpaired) electrons. The summed E-state index contributed by atoms with van der Waals surface area (Å²) >= 11 is 0. The molecule has 0 spiro atoms. The molecule has 2 unspecified atom stereocenters. The van der Waals surface area contributed by atoms with Crippen molar-refractivity contribution in [1.82, 2.24) is 20.9 Å². The van der Waals surface area contributed by atoms with Crippen molar-refractivity contribution >= 4 is 23.5 Å². The minimum Gasteiger partial charge on any atom is -0.382 e. The van der Waals surface area contributed by atoms with Gasteiger partial charge in [0.25, 0.3) is 0 Å². The van der Waals surface area contributed by atoms with Gasteiger partial charge in [0.1, 0.15) is 12.1 Å². The van der Waals surface area contributed by atoms with Gasteiger partial charge in [-0.15, -0.1) is 0 Å². The van der Waals surface area contributed by atoms with Crippen LogP contribution in [-0.4, -0.2) is 98.3 Å². The third-order valence-corrected chi connectivity index (χ3v) is 9.49. The topological polar surface area (TPSA) is 139 Å². The Bertz CT molecular complexity index is 1380. The van der Waals surface area contributed by atoms with E-state index in [0.29, 0.717) is 19.3 Å². The van der Waals surface area contributed by atoms with Crippen LogP contribution in [-0.2, 0) is 52.8 Å². The minimum absolute atomic E-state index is 0.0958. The van der Waals surface area contributed by atoms with Crippen LogP contribution in [0.15, 0.2) is 54.6 Å². The van der Waals surface area contributed by atoms with Crippen LogP contribution in [0.25, 0.3) is 0 Å². The van der Waals surface area contributed by atoms with Gasteiger partial charge in [-0.25, -0.2) is 0 Å². The Balaban J connectivity index is 1.21. The van der Waals surface area contributed by atoms with Crippen LogP contribution in [0, 0.1) is 5.92 Å².